The van der Waals surface area contributed by atoms with Gasteiger partial charge in [-0.25, -0.2) is 0 Å². The lowest BCUT2D eigenvalue weighted by atomic mass is 10.2. The fourth-order valence-corrected chi connectivity index (χ4v) is 0.635. The van der Waals surface area contributed by atoms with E-state index in [4.69, 9.17) is 10.2 Å². The number of esters is 1. The number of rotatable bonds is 6. The Morgan fingerprint density at radius 2 is 1.75 bits per heavy atom. The number of aliphatic hydroxyl groups excluding tert-OH is 2. The number of hydrogen-bond donors (Lipinski definition) is 2. The molecule has 12 heavy (non-hydrogen) atoms. The first-order chi connectivity index (χ1) is 5.70. The number of aliphatic hydroxyl groups is 2. The van der Waals surface area contributed by atoms with Gasteiger partial charge < -0.3 is 14.9 Å². The molecule has 0 saturated heterocycles. The maximum Gasteiger partial charge on any atom is 0.308 e. The summed E-state index contributed by atoms with van der Waals surface area (Å²) >= 11 is 0. The Bertz CT molecular complexity index is 136. The van der Waals surface area contributed by atoms with Crippen LogP contribution in [-0.4, -0.2) is 35.4 Å². The van der Waals surface area contributed by atoms with E-state index < -0.39 is 12.8 Å². The molecule has 5 heteroatoms. The van der Waals surface area contributed by atoms with Gasteiger partial charge in [-0.1, -0.05) is 0 Å². The standard InChI is InChI=1S/C7H12O5/c8-4-3-6(10)1-2-7(11)12-5-9/h8-9H,1-5H2. The highest BCUT2D eigenvalue weighted by molar-refractivity contribution is 5.82. The zero-order chi connectivity index (χ0) is 9.40. The van der Waals surface area contributed by atoms with E-state index in [0.29, 0.717) is 0 Å². The minimum atomic E-state index is -0.660. The molecule has 0 bridgehead atoms. The summed E-state index contributed by atoms with van der Waals surface area (Å²) in [4.78, 5) is 21.3. The van der Waals surface area contributed by atoms with Crippen LogP contribution in [0, 0.1) is 0 Å². The second-order valence-electron chi connectivity index (χ2n) is 2.16. The Morgan fingerprint density at radius 3 is 2.25 bits per heavy atom. The molecule has 2 N–H and O–H groups in total. The molecule has 0 aromatic carbocycles. The van der Waals surface area contributed by atoms with Crippen LogP contribution in [0.25, 0.3) is 0 Å². The van der Waals surface area contributed by atoms with Crippen LogP contribution in [0.15, 0.2) is 0 Å². The second-order valence-corrected chi connectivity index (χ2v) is 2.16. The molecule has 70 valence electrons. The van der Waals surface area contributed by atoms with E-state index in [9.17, 15) is 9.59 Å². The molecule has 0 spiro atoms. The topological polar surface area (TPSA) is 83.8 Å². The van der Waals surface area contributed by atoms with Gasteiger partial charge in [-0.05, 0) is 0 Å². The Morgan fingerprint density at radius 1 is 1.08 bits per heavy atom. The first-order valence-corrected chi connectivity index (χ1v) is 3.59. The van der Waals surface area contributed by atoms with Gasteiger partial charge in [-0.3, -0.25) is 9.59 Å². The van der Waals surface area contributed by atoms with Crippen molar-refractivity contribution in [1.82, 2.24) is 0 Å². The van der Waals surface area contributed by atoms with Gasteiger partial charge in [0.1, 0.15) is 5.78 Å². The summed E-state index contributed by atoms with van der Waals surface area (Å²) in [6, 6.07) is 0. The molecule has 0 saturated carbocycles. The van der Waals surface area contributed by atoms with Gasteiger partial charge in [-0.15, -0.1) is 0 Å². The highest BCUT2D eigenvalue weighted by atomic mass is 16.6. The van der Waals surface area contributed by atoms with Crippen LogP contribution in [0.4, 0.5) is 0 Å². The van der Waals surface area contributed by atoms with Crippen molar-refractivity contribution in [3.8, 4) is 0 Å². The van der Waals surface area contributed by atoms with Crippen molar-refractivity contribution in [2.24, 2.45) is 0 Å². The molecule has 0 aromatic rings. The summed E-state index contributed by atoms with van der Waals surface area (Å²) in [6.45, 7) is -0.860. The molecule has 0 rings (SSSR count). The quantitative estimate of drug-likeness (QED) is 0.409. The fourth-order valence-electron chi connectivity index (χ4n) is 0.635. The van der Waals surface area contributed by atoms with Crippen LogP contribution in [0.5, 0.6) is 0 Å². The Labute approximate surface area is 70.0 Å². The first kappa shape index (κ1) is 11.1. The van der Waals surface area contributed by atoms with E-state index in [-0.39, 0.29) is 31.7 Å². The van der Waals surface area contributed by atoms with Gasteiger partial charge in [0.15, 0.2) is 6.79 Å². The number of carbonyl (C=O) groups excluding carboxylic acids is 2. The SMILES string of the molecule is O=C(CCO)CCC(=O)OCO. The summed E-state index contributed by atoms with van der Waals surface area (Å²) in [5, 5.41) is 16.5. The Hall–Kier alpha value is -0.940. The number of ether oxygens (including phenoxy) is 1. The van der Waals surface area contributed by atoms with Gasteiger partial charge in [0.25, 0.3) is 0 Å². The molecule has 5 nitrogen and oxygen atoms in total. The molecule has 0 unspecified atom stereocenters. The Kier molecular flexibility index (Phi) is 6.22. The third kappa shape index (κ3) is 5.82. The lowest BCUT2D eigenvalue weighted by Gasteiger charge is -1.99. The van der Waals surface area contributed by atoms with E-state index in [1.807, 2.05) is 0 Å². The van der Waals surface area contributed by atoms with Crippen LogP contribution in [0.3, 0.4) is 0 Å². The minimum absolute atomic E-state index is 0.0423. The molecule has 0 aliphatic carbocycles. The summed E-state index contributed by atoms with van der Waals surface area (Å²) in [5.41, 5.74) is 0. The molecule has 0 atom stereocenters. The first-order valence-electron chi connectivity index (χ1n) is 3.59. The van der Waals surface area contributed by atoms with Crippen LogP contribution >= 0.6 is 0 Å². The molecule has 0 aliphatic rings. The molecular weight excluding hydrogens is 164 g/mol. The number of Topliss-reactive ketones (excluding diaryl/α,β-unsaturated/α-hetero) is 1. The minimum Gasteiger partial charge on any atom is -0.439 e. The lowest BCUT2D eigenvalue weighted by molar-refractivity contribution is -0.152. The highest BCUT2D eigenvalue weighted by Gasteiger charge is 2.06. The number of hydrogen-bond acceptors (Lipinski definition) is 5. The van der Waals surface area contributed by atoms with E-state index in [2.05, 4.69) is 4.74 Å². The average molecular weight is 176 g/mol. The van der Waals surface area contributed by atoms with E-state index in [0.717, 1.165) is 0 Å². The molecule has 0 aromatic heterocycles. The maximum absolute atomic E-state index is 10.7. The predicted octanol–water partition coefficient (Wildman–Crippen LogP) is -0.789. The van der Waals surface area contributed by atoms with Gasteiger partial charge in [0.05, 0.1) is 6.42 Å². The summed E-state index contributed by atoms with van der Waals surface area (Å²) in [5.74, 6) is -0.795. The second kappa shape index (κ2) is 6.75. The molecular formula is C7H12O5. The highest BCUT2D eigenvalue weighted by Crippen LogP contribution is 1.96. The molecule has 0 aliphatic heterocycles. The summed E-state index contributed by atoms with van der Waals surface area (Å²) in [6.07, 6.45) is 0.0746. The van der Waals surface area contributed by atoms with Crippen molar-refractivity contribution in [2.75, 3.05) is 13.4 Å². The van der Waals surface area contributed by atoms with Crippen LogP contribution < -0.4 is 0 Å². The fraction of sp³-hybridized carbons (Fsp3) is 0.714. The number of carbonyl (C=O) groups is 2. The third-order valence-corrected chi connectivity index (χ3v) is 1.22. The maximum atomic E-state index is 10.7. The van der Waals surface area contributed by atoms with Crippen LogP contribution in [0.2, 0.25) is 0 Å². The normalized spacial score (nSPS) is 9.50. The molecule has 0 heterocycles. The van der Waals surface area contributed by atoms with E-state index in [1.165, 1.54) is 0 Å². The summed E-state index contributed by atoms with van der Waals surface area (Å²) < 4.78 is 4.17. The average Bonchev–Trinajstić information content (AvgIpc) is 2.02. The van der Waals surface area contributed by atoms with Gasteiger partial charge in [-0.2, -0.15) is 0 Å². The number of ketones is 1. The smallest absolute Gasteiger partial charge is 0.308 e. The Balaban J connectivity index is 3.40. The van der Waals surface area contributed by atoms with E-state index >= 15 is 0 Å². The van der Waals surface area contributed by atoms with Gasteiger partial charge in [0, 0.05) is 19.4 Å². The zero-order valence-corrected chi connectivity index (χ0v) is 6.65. The van der Waals surface area contributed by atoms with Gasteiger partial charge in [0.2, 0.25) is 0 Å². The van der Waals surface area contributed by atoms with Crippen molar-refractivity contribution in [1.29, 1.82) is 0 Å². The van der Waals surface area contributed by atoms with Crippen LogP contribution in [-0.2, 0) is 14.3 Å². The van der Waals surface area contributed by atoms with Crippen molar-refractivity contribution < 1.29 is 24.5 Å². The molecule has 0 radical (unpaired) electrons. The zero-order valence-electron chi connectivity index (χ0n) is 6.65. The van der Waals surface area contributed by atoms with E-state index in [1.54, 1.807) is 0 Å². The largest absolute Gasteiger partial charge is 0.439 e. The van der Waals surface area contributed by atoms with Crippen molar-refractivity contribution in [2.45, 2.75) is 19.3 Å². The van der Waals surface area contributed by atoms with Gasteiger partial charge >= 0.3 is 5.97 Å². The predicted molar refractivity (Wildman–Crippen MR) is 39.1 cm³/mol. The lowest BCUT2D eigenvalue weighted by Crippen LogP contribution is -2.09. The third-order valence-electron chi connectivity index (χ3n) is 1.22. The van der Waals surface area contributed by atoms with Crippen molar-refractivity contribution in [3.63, 3.8) is 0 Å². The molecule has 0 fully saturated rings. The van der Waals surface area contributed by atoms with Crippen molar-refractivity contribution in [3.05, 3.63) is 0 Å². The molecule has 0 amide bonds. The monoisotopic (exact) mass is 176 g/mol. The van der Waals surface area contributed by atoms with Crippen molar-refractivity contribution >= 4 is 11.8 Å². The van der Waals surface area contributed by atoms with Crippen LogP contribution in [0.1, 0.15) is 19.3 Å². The summed E-state index contributed by atoms with van der Waals surface area (Å²) in [7, 11) is 0.